The van der Waals surface area contributed by atoms with E-state index >= 15 is 0 Å². The van der Waals surface area contributed by atoms with Crippen LogP contribution < -0.4 is 15.7 Å². The highest BCUT2D eigenvalue weighted by atomic mass is 32.1. The molecule has 0 aliphatic heterocycles. The number of nitrogens with one attached hydrogen (secondary N) is 1. The summed E-state index contributed by atoms with van der Waals surface area (Å²) >= 11 is 1.47. The molecule has 20 heavy (non-hydrogen) atoms. The second-order valence-corrected chi connectivity index (χ2v) is 5.47. The summed E-state index contributed by atoms with van der Waals surface area (Å²) < 4.78 is 10.2. The molecular weight excluding hydrogens is 276 g/mol. The zero-order valence-electron chi connectivity index (χ0n) is 11.0. The van der Waals surface area contributed by atoms with Gasteiger partial charge >= 0.3 is 11.6 Å². The third-order valence-corrected chi connectivity index (χ3v) is 3.73. The summed E-state index contributed by atoms with van der Waals surface area (Å²) in [6.45, 7) is 1.93. The smallest absolute Gasteiger partial charge is 0.349 e. The van der Waals surface area contributed by atoms with Gasteiger partial charge in [0.25, 0.3) is 0 Å². The molecule has 3 rings (SSSR count). The number of hydrogen-bond donors (Lipinski definition) is 1. The molecule has 0 radical (unpaired) electrons. The molecule has 2 heterocycles. The van der Waals surface area contributed by atoms with E-state index in [1.54, 1.807) is 13.2 Å². The Hall–Kier alpha value is -2.34. The highest BCUT2D eigenvalue weighted by Crippen LogP contribution is 2.23. The van der Waals surface area contributed by atoms with Crippen LogP contribution in [0.5, 0.6) is 5.75 Å². The quantitative estimate of drug-likeness (QED) is 0.801. The number of aromatic nitrogens is 1. The number of hydrogen-bond acceptors (Lipinski definition) is 6. The monoisotopic (exact) mass is 288 g/mol. The van der Waals surface area contributed by atoms with Gasteiger partial charge in [-0.2, -0.15) is 4.98 Å². The summed E-state index contributed by atoms with van der Waals surface area (Å²) in [7, 11) is 1.61. The van der Waals surface area contributed by atoms with Crippen LogP contribution >= 0.6 is 11.3 Å². The van der Waals surface area contributed by atoms with Crippen LogP contribution in [0.4, 0.5) is 11.7 Å². The van der Waals surface area contributed by atoms with Crippen molar-refractivity contribution in [2.75, 3.05) is 12.4 Å². The van der Waals surface area contributed by atoms with E-state index in [2.05, 4.69) is 10.3 Å². The number of rotatable bonds is 3. The number of ether oxygens (including phenoxy) is 1. The average molecular weight is 288 g/mol. The van der Waals surface area contributed by atoms with Gasteiger partial charge in [0.1, 0.15) is 10.6 Å². The molecule has 0 fully saturated rings. The molecule has 0 aliphatic carbocycles. The molecule has 2 aromatic heterocycles. The molecule has 3 aromatic rings. The van der Waals surface area contributed by atoms with Crippen molar-refractivity contribution in [3.8, 4) is 5.75 Å². The van der Waals surface area contributed by atoms with Crippen LogP contribution in [0.3, 0.4) is 0 Å². The molecule has 0 unspecified atom stereocenters. The number of fused-ring (bicyclic) bond motifs is 1. The Bertz CT molecular complexity index is 805. The SMILES string of the molecule is COc1ccc(Nc2nc3sc(C)cc3c(=O)o2)cc1. The number of benzene rings is 1. The third kappa shape index (κ3) is 2.37. The lowest BCUT2D eigenvalue weighted by atomic mass is 10.3. The first-order chi connectivity index (χ1) is 9.65. The minimum atomic E-state index is -0.379. The van der Waals surface area contributed by atoms with Gasteiger partial charge in [-0.05, 0) is 37.3 Å². The predicted octanol–water partition coefficient (Wildman–Crippen LogP) is 3.31. The van der Waals surface area contributed by atoms with Crippen LogP contribution in [0, 0.1) is 6.92 Å². The van der Waals surface area contributed by atoms with Crippen molar-refractivity contribution in [2.45, 2.75) is 6.92 Å². The van der Waals surface area contributed by atoms with E-state index in [-0.39, 0.29) is 11.6 Å². The van der Waals surface area contributed by atoms with Gasteiger partial charge in [0.15, 0.2) is 0 Å². The lowest BCUT2D eigenvalue weighted by molar-refractivity contribution is 0.415. The molecule has 0 bridgehead atoms. The lowest BCUT2D eigenvalue weighted by Gasteiger charge is -2.04. The van der Waals surface area contributed by atoms with E-state index in [4.69, 9.17) is 9.15 Å². The van der Waals surface area contributed by atoms with Gasteiger partial charge in [-0.15, -0.1) is 11.3 Å². The highest BCUT2D eigenvalue weighted by Gasteiger charge is 2.09. The second kappa shape index (κ2) is 4.97. The molecule has 102 valence electrons. The van der Waals surface area contributed by atoms with Crippen LogP contribution in [0.25, 0.3) is 10.2 Å². The fourth-order valence-electron chi connectivity index (χ4n) is 1.84. The van der Waals surface area contributed by atoms with E-state index in [1.807, 2.05) is 31.2 Å². The maximum atomic E-state index is 11.8. The van der Waals surface area contributed by atoms with Crippen molar-refractivity contribution in [1.29, 1.82) is 0 Å². The maximum Gasteiger partial charge on any atom is 0.349 e. The van der Waals surface area contributed by atoms with Crippen LogP contribution in [0.2, 0.25) is 0 Å². The second-order valence-electron chi connectivity index (χ2n) is 4.24. The molecule has 0 aliphatic rings. The molecule has 0 amide bonds. The van der Waals surface area contributed by atoms with Crippen molar-refractivity contribution < 1.29 is 9.15 Å². The Morgan fingerprint density at radius 2 is 2.05 bits per heavy atom. The van der Waals surface area contributed by atoms with E-state index in [0.717, 1.165) is 16.3 Å². The van der Waals surface area contributed by atoms with Crippen molar-refractivity contribution in [1.82, 2.24) is 4.98 Å². The summed E-state index contributed by atoms with van der Waals surface area (Å²) in [5.41, 5.74) is 0.393. The molecule has 0 spiro atoms. The molecule has 0 atom stereocenters. The Kier molecular flexibility index (Phi) is 3.15. The summed E-state index contributed by atoms with van der Waals surface area (Å²) in [5, 5.41) is 3.49. The van der Waals surface area contributed by atoms with Gasteiger partial charge in [0, 0.05) is 10.6 Å². The van der Waals surface area contributed by atoms with Crippen molar-refractivity contribution in [2.24, 2.45) is 0 Å². The first-order valence-corrected chi connectivity index (χ1v) is 6.80. The molecule has 6 heteroatoms. The van der Waals surface area contributed by atoms with Crippen LogP contribution in [-0.2, 0) is 0 Å². The van der Waals surface area contributed by atoms with Gasteiger partial charge < -0.3 is 14.5 Å². The van der Waals surface area contributed by atoms with E-state index in [1.165, 1.54) is 11.3 Å². The molecule has 0 saturated heterocycles. The first-order valence-electron chi connectivity index (χ1n) is 5.98. The average Bonchev–Trinajstić information content (AvgIpc) is 2.81. The summed E-state index contributed by atoms with van der Waals surface area (Å²) in [5.74, 6) is 0.759. The molecule has 1 N–H and O–H groups in total. The van der Waals surface area contributed by atoms with Gasteiger partial charge in [-0.1, -0.05) is 0 Å². The van der Waals surface area contributed by atoms with Crippen LogP contribution in [0.1, 0.15) is 4.88 Å². The summed E-state index contributed by atoms with van der Waals surface area (Å²) in [4.78, 5) is 17.9. The fraction of sp³-hybridized carbons (Fsp3) is 0.143. The summed E-state index contributed by atoms with van der Waals surface area (Å²) in [6, 6.07) is 9.25. The van der Waals surface area contributed by atoms with Gasteiger partial charge in [-0.25, -0.2) is 4.79 Å². The minimum Gasteiger partial charge on any atom is -0.497 e. The molecule has 5 nitrogen and oxygen atoms in total. The van der Waals surface area contributed by atoms with E-state index in [0.29, 0.717) is 10.2 Å². The maximum absolute atomic E-state index is 11.8. The molecular formula is C14H12N2O3S. The van der Waals surface area contributed by atoms with Crippen molar-refractivity contribution in [3.05, 3.63) is 45.6 Å². The van der Waals surface area contributed by atoms with Crippen molar-refractivity contribution >= 4 is 33.3 Å². The Labute approximate surface area is 118 Å². The van der Waals surface area contributed by atoms with Gasteiger partial charge in [0.05, 0.1) is 12.5 Å². The normalized spacial score (nSPS) is 10.7. The molecule has 0 saturated carbocycles. The number of thiophene rings is 1. The topological polar surface area (TPSA) is 64.4 Å². The van der Waals surface area contributed by atoms with E-state index < -0.39 is 0 Å². The zero-order valence-corrected chi connectivity index (χ0v) is 11.8. The Morgan fingerprint density at radius 1 is 1.30 bits per heavy atom. The van der Waals surface area contributed by atoms with Crippen LogP contribution in [0.15, 0.2) is 39.5 Å². The number of nitrogens with zero attached hydrogens (tertiary/aromatic N) is 1. The number of aryl methyl sites for hydroxylation is 1. The summed E-state index contributed by atoms with van der Waals surface area (Å²) in [6.07, 6.45) is 0. The zero-order chi connectivity index (χ0) is 14.1. The predicted molar refractivity (Wildman–Crippen MR) is 79.2 cm³/mol. The highest BCUT2D eigenvalue weighted by molar-refractivity contribution is 7.18. The number of methoxy groups -OCH3 is 1. The fourth-order valence-corrected chi connectivity index (χ4v) is 2.70. The number of anilines is 2. The largest absolute Gasteiger partial charge is 0.497 e. The third-order valence-electron chi connectivity index (χ3n) is 2.79. The molecule has 1 aromatic carbocycles. The Morgan fingerprint density at radius 3 is 2.75 bits per heavy atom. The lowest BCUT2D eigenvalue weighted by Crippen LogP contribution is -2.03. The first kappa shape index (κ1) is 12.7. The minimum absolute atomic E-state index is 0.189. The van der Waals surface area contributed by atoms with Gasteiger partial charge in [-0.3, -0.25) is 0 Å². The van der Waals surface area contributed by atoms with Gasteiger partial charge in [0.2, 0.25) is 0 Å². The van der Waals surface area contributed by atoms with Crippen LogP contribution in [-0.4, -0.2) is 12.1 Å². The Balaban J connectivity index is 1.95. The standard InChI is InChI=1S/C14H12N2O3S/c1-8-7-11-12(20-8)16-14(19-13(11)17)15-9-3-5-10(18-2)6-4-9/h3-7H,1-2H3,(H,15,16). The van der Waals surface area contributed by atoms with E-state index in [9.17, 15) is 4.79 Å². The van der Waals surface area contributed by atoms with Crippen molar-refractivity contribution in [3.63, 3.8) is 0 Å².